The van der Waals surface area contributed by atoms with E-state index < -0.39 is 38.7 Å². The number of H-pyrrole nitrogens is 1. The Hall–Kier alpha value is -4.58. The van der Waals surface area contributed by atoms with E-state index in [4.69, 9.17) is 4.74 Å². The quantitative estimate of drug-likeness (QED) is 0.148. The number of nitrogens with one attached hydrogen (secondary N) is 2. The lowest BCUT2D eigenvalue weighted by Crippen LogP contribution is -2.18. The molecule has 2 N–H and O–H groups in total. The average molecular weight is 580 g/mol. The van der Waals surface area contributed by atoms with Crippen LogP contribution in [0.3, 0.4) is 0 Å². The second-order valence-corrected chi connectivity index (χ2v) is 11.2. The number of halogens is 2. The summed E-state index contributed by atoms with van der Waals surface area (Å²) < 4.78 is 64.2. The highest BCUT2D eigenvalue weighted by Crippen LogP contribution is 2.30. The molecule has 0 aliphatic carbocycles. The molecule has 12 heteroatoms. The van der Waals surface area contributed by atoms with Gasteiger partial charge in [-0.1, -0.05) is 6.92 Å². The fraction of sp³-hybridized carbons (Fsp3) is 0.207. The molecular weight excluding hydrogens is 552 g/mol. The number of ether oxygens (including phenoxy) is 1. The third-order valence-electron chi connectivity index (χ3n) is 6.38. The van der Waals surface area contributed by atoms with Gasteiger partial charge in [0.15, 0.2) is 5.82 Å². The summed E-state index contributed by atoms with van der Waals surface area (Å²) in [6.07, 6.45) is 9.62. The van der Waals surface area contributed by atoms with Gasteiger partial charge in [0.1, 0.15) is 11.5 Å². The van der Waals surface area contributed by atoms with Crippen LogP contribution in [0.25, 0.3) is 22.2 Å². The van der Waals surface area contributed by atoms with Crippen LogP contribution >= 0.6 is 0 Å². The van der Waals surface area contributed by atoms with Crippen LogP contribution < -0.4 is 9.46 Å². The van der Waals surface area contributed by atoms with Crippen LogP contribution in [-0.2, 0) is 16.6 Å². The van der Waals surface area contributed by atoms with E-state index in [-0.39, 0.29) is 11.3 Å². The Balaban J connectivity index is 1.36. The van der Waals surface area contributed by atoms with Gasteiger partial charge in [-0.25, -0.2) is 27.2 Å². The van der Waals surface area contributed by atoms with E-state index in [1.807, 2.05) is 24.5 Å². The predicted octanol–water partition coefficient (Wildman–Crippen LogP) is 5.56. The zero-order valence-electron chi connectivity index (χ0n) is 22.1. The van der Waals surface area contributed by atoms with Crippen LogP contribution in [0.1, 0.15) is 35.7 Å². The van der Waals surface area contributed by atoms with E-state index >= 15 is 4.39 Å². The molecule has 9 nitrogen and oxygen atoms in total. The number of anilines is 1. The summed E-state index contributed by atoms with van der Waals surface area (Å²) in [6, 6.07) is 10.9. The zero-order valence-corrected chi connectivity index (χ0v) is 22.9. The molecule has 0 aliphatic rings. The number of hydrogen-bond acceptors (Lipinski definition) is 6. The molecule has 0 bridgehead atoms. The van der Waals surface area contributed by atoms with Gasteiger partial charge in [-0.3, -0.25) is 9.52 Å². The molecule has 0 atom stereocenters. The van der Waals surface area contributed by atoms with E-state index in [0.29, 0.717) is 41.1 Å². The maximum absolute atomic E-state index is 15.3. The van der Waals surface area contributed by atoms with Crippen LogP contribution in [0.4, 0.5) is 14.5 Å². The van der Waals surface area contributed by atoms with Crippen molar-refractivity contribution in [3.05, 3.63) is 96.2 Å². The minimum absolute atomic E-state index is 0.0173. The van der Waals surface area contributed by atoms with Crippen LogP contribution in [0.2, 0.25) is 0 Å². The van der Waals surface area contributed by atoms with Gasteiger partial charge < -0.3 is 14.3 Å². The number of benzene rings is 1. The summed E-state index contributed by atoms with van der Waals surface area (Å²) in [4.78, 5) is 24.9. The molecule has 0 radical (unpaired) electrons. The van der Waals surface area contributed by atoms with Crippen molar-refractivity contribution >= 4 is 32.5 Å². The van der Waals surface area contributed by atoms with Crippen molar-refractivity contribution in [2.24, 2.45) is 0 Å². The van der Waals surface area contributed by atoms with Crippen molar-refractivity contribution in [3.63, 3.8) is 0 Å². The number of ketones is 1. The molecule has 1 aromatic carbocycles. The van der Waals surface area contributed by atoms with Gasteiger partial charge in [0.05, 0.1) is 23.6 Å². The summed E-state index contributed by atoms with van der Waals surface area (Å²) in [5.41, 5.74) is 0.278. The zero-order chi connectivity index (χ0) is 29.0. The number of pyridine rings is 2. The standard InChI is InChI=1S/C29H27F2N5O4S/c1-2-14-41(38,39)35-24-8-7-23(30)26(27(24)31)28(37)22-18-34-29-21(22)15-20(17-33-29)19-6-9-25(32-16-19)40-13-5-12-36-10-3-4-11-36/h3-4,6-11,15-18,35H,2,5,12-14H2,1H3,(H,33,34). The number of aryl methyl sites for hydroxylation is 1. The fourth-order valence-corrected chi connectivity index (χ4v) is 5.52. The lowest BCUT2D eigenvalue weighted by molar-refractivity contribution is 0.103. The Kier molecular flexibility index (Phi) is 8.11. The number of fused-ring (bicyclic) bond motifs is 1. The lowest BCUT2D eigenvalue weighted by Gasteiger charge is -2.11. The van der Waals surface area contributed by atoms with Gasteiger partial charge >= 0.3 is 0 Å². The Bertz CT molecular complexity index is 1790. The van der Waals surface area contributed by atoms with Crippen molar-refractivity contribution < 1.29 is 26.7 Å². The van der Waals surface area contributed by atoms with Gasteiger partial charge in [0.2, 0.25) is 21.7 Å². The molecule has 0 aliphatic heterocycles. The van der Waals surface area contributed by atoms with Crippen LogP contribution in [0.5, 0.6) is 5.88 Å². The predicted molar refractivity (Wildman–Crippen MR) is 151 cm³/mol. The van der Waals surface area contributed by atoms with Gasteiger partial charge in [0, 0.05) is 65.7 Å². The van der Waals surface area contributed by atoms with Gasteiger partial charge in [-0.05, 0) is 49.2 Å². The Morgan fingerprint density at radius 2 is 1.85 bits per heavy atom. The highest BCUT2D eigenvalue weighted by atomic mass is 32.2. The topological polar surface area (TPSA) is 119 Å². The highest BCUT2D eigenvalue weighted by Gasteiger charge is 2.26. The SMILES string of the molecule is CCCS(=O)(=O)Nc1ccc(F)c(C(=O)c2c[nH]c3ncc(-c4ccc(OCCCn5cccc5)nc4)cc23)c1F. The second kappa shape index (κ2) is 11.9. The molecule has 0 saturated carbocycles. The summed E-state index contributed by atoms with van der Waals surface area (Å²) >= 11 is 0. The molecule has 4 heterocycles. The van der Waals surface area contributed by atoms with Gasteiger partial charge in [-0.2, -0.15) is 0 Å². The summed E-state index contributed by atoms with van der Waals surface area (Å²) in [5, 5.41) is 0.341. The molecule has 5 aromatic rings. The largest absolute Gasteiger partial charge is 0.478 e. The van der Waals surface area contributed by atoms with Crippen molar-refractivity contribution in [1.29, 1.82) is 0 Å². The molecule has 41 heavy (non-hydrogen) atoms. The van der Waals surface area contributed by atoms with Crippen LogP contribution in [0.15, 0.2) is 73.4 Å². The van der Waals surface area contributed by atoms with E-state index in [1.54, 1.807) is 37.5 Å². The molecule has 212 valence electrons. The van der Waals surface area contributed by atoms with Crippen molar-refractivity contribution in [2.45, 2.75) is 26.3 Å². The number of carbonyl (C=O) groups excluding carboxylic acids is 1. The number of aromatic nitrogens is 4. The van der Waals surface area contributed by atoms with Crippen LogP contribution in [0, 0.1) is 11.6 Å². The minimum atomic E-state index is -3.86. The summed E-state index contributed by atoms with van der Waals surface area (Å²) in [7, 11) is -3.86. The van der Waals surface area contributed by atoms with E-state index in [0.717, 1.165) is 25.1 Å². The molecule has 4 aromatic heterocycles. The smallest absolute Gasteiger partial charge is 0.232 e. The van der Waals surface area contributed by atoms with E-state index in [9.17, 15) is 17.6 Å². The minimum Gasteiger partial charge on any atom is -0.478 e. The third-order valence-corrected chi connectivity index (χ3v) is 7.86. The molecule has 0 spiro atoms. The lowest BCUT2D eigenvalue weighted by atomic mass is 10.00. The fourth-order valence-electron chi connectivity index (χ4n) is 4.39. The molecule has 5 rings (SSSR count). The molecule has 0 fully saturated rings. The second-order valence-electron chi connectivity index (χ2n) is 9.36. The molecule has 0 amide bonds. The van der Waals surface area contributed by atoms with Crippen molar-refractivity contribution in [3.8, 4) is 17.0 Å². The number of hydrogen-bond donors (Lipinski definition) is 2. The summed E-state index contributed by atoms with van der Waals surface area (Å²) in [6.45, 7) is 2.99. The monoisotopic (exact) mass is 579 g/mol. The molecule has 0 saturated heterocycles. The normalized spacial score (nSPS) is 11.6. The van der Waals surface area contributed by atoms with Crippen molar-refractivity contribution in [1.82, 2.24) is 19.5 Å². The van der Waals surface area contributed by atoms with Crippen molar-refractivity contribution in [2.75, 3.05) is 17.1 Å². The first-order chi connectivity index (χ1) is 19.8. The first-order valence-corrected chi connectivity index (χ1v) is 14.6. The van der Waals surface area contributed by atoms with E-state index in [1.165, 1.54) is 6.20 Å². The third kappa shape index (κ3) is 6.27. The Labute approximate surface area is 235 Å². The molecular formula is C29H27F2N5O4S. The first-order valence-electron chi connectivity index (χ1n) is 13.0. The number of nitrogens with zero attached hydrogens (tertiary/aromatic N) is 3. The van der Waals surface area contributed by atoms with E-state index in [2.05, 4.69) is 24.2 Å². The Morgan fingerprint density at radius 1 is 1.07 bits per heavy atom. The van der Waals surface area contributed by atoms with Gasteiger partial charge in [0.25, 0.3) is 0 Å². The number of aromatic amines is 1. The molecule has 0 unspecified atom stereocenters. The highest BCUT2D eigenvalue weighted by molar-refractivity contribution is 7.92. The first kappa shape index (κ1) is 28.0. The Morgan fingerprint density at radius 3 is 2.59 bits per heavy atom. The van der Waals surface area contributed by atoms with Gasteiger partial charge in [-0.15, -0.1) is 0 Å². The maximum atomic E-state index is 15.3. The van der Waals surface area contributed by atoms with Crippen LogP contribution in [-0.4, -0.2) is 46.1 Å². The summed E-state index contributed by atoms with van der Waals surface area (Å²) in [5.74, 6) is -3.14. The average Bonchev–Trinajstić information content (AvgIpc) is 3.63. The number of carbonyl (C=O) groups is 1. The maximum Gasteiger partial charge on any atom is 0.232 e. The number of rotatable bonds is 12. The number of sulfonamides is 1.